The van der Waals surface area contributed by atoms with Gasteiger partial charge in [0, 0.05) is 10.6 Å². The fourth-order valence-corrected chi connectivity index (χ4v) is 6.13. The highest BCUT2D eigenvalue weighted by Crippen LogP contribution is 2.55. The lowest BCUT2D eigenvalue weighted by molar-refractivity contribution is -0.128. The fourth-order valence-electron chi connectivity index (χ4n) is 5.33. The number of rotatable bonds is 4. The zero-order valence-electron chi connectivity index (χ0n) is 13.0. The molecular formula is C18H21BrClNO2. The summed E-state index contributed by atoms with van der Waals surface area (Å²) in [5.74, 6) is 3.12. The van der Waals surface area contributed by atoms with Crippen molar-refractivity contribution in [3.05, 3.63) is 27.7 Å². The Hall–Kier alpha value is -0.740. The SMILES string of the molecule is O=C(COc1ccc(Cl)cc1Br)NC12CC3CC(CC(C3)C1)C2. The molecule has 4 fully saturated rings. The van der Waals surface area contributed by atoms with Crippen LogP contribution in [0.1, 0.15) is 38.5 Å². The minimum absolute atomic E-state index is 0.00574. The number of carbonyl (C=O) groups excluding carboxylic acids is 1. The Balaban J connectivity index is 1.37. The Morgan fingerprint density at radius 1 is 1.22 bits per heavy atom. The first-order chi connectivity index (χ1) is 11.0. The highest BCUT2D eigenvalue weighted by Gasteiger charge is 2.51. The van der Waals surface area contributed by atoms with E-state index in [-0.39, 0.29) is 18.1 Å². The van der Waals surface area contributed by atoms with E-state index in [4.69, 9.17) is 16.3 Å². The topological polar surface area (TPSA) is 38.3 Å². The normalized spacial score (nSPS) is 34.4. The van der Waals surface area contributed by atoms with Crippen molar-refractivity contribution in [2.75, 3.05) is 6.61 Å². The van der Waals surface area contributed by atoms with E-state index in [1.165, 1.54) is 19.3 Å². The summed E-state index contributed by atoms with van der Waals surface area (Å²) in [5.41, 5.74) is 0.0480. The van der Waals surface area contributed by atoms with E-state index in [2.05, 4.69) is 21.2 Å². The molecule has 4 saturated carbocycles. The molecule has 0 atom stereocenters. The first-order valence-electron chi connectivity index (χ1n) is 8.40. The van der Waals surface area contributed by atoms with E-state index in [9.17, 15) is 4.79 Å². The van der Waals surface area contributed by atoms with Crippen molar-refractivity contribution in [2.45, 2.75) is 44.1 Å². The third kappa shape index (κ3) is 3.25. The van der Waals surface area contributed by atoms with Crippen LogP contribution < -0.4 is 10.1 Å². The van der Waals surface area contributed by atoms with Crippen LogP contribution >= 0.6 is 27.5 Å². The van der Waals surface area contributed by atoms with Gasteiger partial charge in [-0.3, -0.25) is 4.79 Å². The second-order valence-corrected chi connectivity index (χ2v) is 8.90. The zero-order valence-corrected chi connectivity index (χ0v) is 15.3. The van der Waals surface area contributed by atoms with Gasteiger partial charge in [0.1, 0.15) is 5.75 Å². The summed E-state index contributed by atoms with van der Waals surface area (Å²) in [5, 5.41) is 3.96. The fraction of sp³-hybridized carbons (Fsp3) is 0.611. The summed E-state index contributed by atoms with van der Waals surface area (Å²) in [4.78, 5) is 12.4. The number of carbonyl (C=O) groups is 1. The van der Waals surface area contributed by atoms with Gasteiger partial charge in [-0.25, -0.2) is 0 Å². The first kappa shape index (κ1) is 15.8. The maximum Gasteiger partial charge on any atom is 0.258 e. The van der Waals surface area contributed by atoms with Crippen molar-refractivity contribution in [3.8, 4) is 5.75 Å². The van der Waals surface area contributed by atoms with Crippen molar-refractivity contribution < 1.29 is 9.53 Å². The molecular weight excluding hydrogens is 378 g/mol. The van der Waals surface area contributed by atoms with E-state index in [0.717, 1.165) is 41.5 Å². The summed E-state index contributed by atoms with van der Waals surface area (Å²) in [6, 6.07) is 5.32. The molecule has 4 bridgehead atoms. The summed E-state index contributed by atoms with van der Waals surface area (Å²) in [7, 11) is 0. The Labute approximate surface area is 150 Å². The maximum absolute atomic E-state index is 12.4. The third-order valence-corrected chi connectivity index (χ3v) is 6.55. The standard InChI is InChI=1S/C18H21BrClNO2/c19-15-6-14(20)1-2-16(15)23-10-17(22)21-18-7-11-3-12(8-18)5-13(4-11)9-18/h1-2,6,11-13H,3-5,7-10H2,(H,21,22). The monoisotopic (exact) mass is 397 g/mol. The van der Waals surface area contributed by atoms with Crippen molar-refractivity contribution in [1.82, 2.24) is 5.32 Å². The van der Waals surface area contributed by atoms with Gasteiger partial charge in [-0.15, -0.1) is 0 Å². The van der Waals surface area contributed by atoms with Crippen LogP contribution in [0.5, 0.6) is 5.75 Å². The maximum atomic E-state index is 12.4. The van der Waals surface area contributed by atoms with Crippen LogP contribution in [0.3, 0.4) is 0 Å². The van der Waals surface area contributed by atoms with Gasteiger partial charge in [0.05, 0.1) is 4.47 Å². The van der Waals surface area contributed by atoms with Gasteiger partial charge in [0.2, 0.25) is 0 Å². The predicted molar refractivity (Wildman–Crippen MR) is 93.7 cm³/mol. The van der Waals surface area contributed by atoms with Gasteiger partial charge in [-0.05, 0) is 90.4 Å². The van der Waals surface area contributed by atoms with Crippen LogP contribution in [-0.4, -0.2) is 18.1 Å². The molecule has 3 nitrogen and oxygen atoms in total. The van der Waals surface area contributed by atoms with Gasteiger partial charge in [0.15, 0.2) is 6.61 Å². The Bertz CT molecular complexity index is 598. The van der Waals surface area contributed by atoms with E-state index >= 15 is 0 Å². The second kappa shape index (κ2) is 5.96. The molecule has 1 N–H and O–H groups in total. The molecule has 23 heavy (non-hydrogen) atoms. The molecule has 0 unspecified atom stereocenters. The lowest BCUT2D eigenvalue weighted by Gasteiger charge is -2.56. The van der Waals surface area contributed by atoms with Crippen LogP contribution in [-0.2, 0) is 4.79 Å². The molecule has 0 aromatic heterocycles. The van der Waals surface area contributed by atoms with E-state index in [1.807, 2.05) is 0 Å². The Kier molecular flexibility index (Phi) is 4.09. The quantitative estimate of drug-likeness (QED) is 0.807. The van der Waals surface area contributed by atoms with Crippen LogP contribution in [0.15, 0.2) is 22.7 Å². The number of halogens is 2. The molecule has 1 aromatic rings. The average molecular weight is 399 g/mol. The lowest BCUT2D eigenvalue weighted by atomic mass is 9.53. The van der Waals surface area contributed by atoms with Crippen molar-refractivity contribution in [3.63, 3.8) is 0 Å². The molecule has 4 aliphatic rings. The highest BCUT2D eigenvalue weighted by molar-refractivity contribution is 9.10. The molecule has 0 heterocycles. The van der Waals surface area contributed by atoms with E-state index < -0.39 is 0 Å². The van der Waals surface area contributed by atoms with Crippen LogP contribution in [0.25, 0.3) is 0 Å². The van der Waals surface area contributed by atoms with Gasteiger partial charge >= 0.3 is 0 Å². The van der Waals surface area contributed by atoms with Crippen molar-refractivity contribution >= 4 is 33.4 Å². The molecule has 0 radical (unpaired) electrons. The summed E-state index contributed by atoms with van der Waals surface area (Å²) in [6.45, 7) is 0.0575. The average Bonchev–Trinajstić information content (AvgIpc) is 2.44. The van der Waals surface area contributed by atoms with Gasteiger partial charge in [-0.2, -0.15) is 0 Å². The molecule has 1 aromatic carbocycles. The van der Waals surface area contributed by atoms with Crippen LogP contribution in [0.4, 0.5) is 0 Å². The lowest BCUT2D eigenvalue weighted by Crippen LogP contribution is -2.60. The molecule has 0 aliphatic heterocycles. The van der Waals surface area contributed by atoms with Gasteiger partial charge in [0.25, 0.3) is 5.91 Å². The van der Waals surface area contributed by atoms with Gasteiger partial charge in [-0.1, -0.05) is 11.6 Å². The minimum Gasteiger partial charge on any atom is -0.483 e. The number of benzene rings is 1. The highest BCUT2D eigenvalue weighted by atomic mass is 79.9. The number of amides is 1. The van der Waals surface area contributed by atoms with Crippen molar-refractivity contribution in [1.29, 1.82) is 0 Å². The Morgan fingerprint density at radius 3 is 2.39 bits per heavy atom. The first-order valence-corrected chi connectivity index (χ1v) is 9.57. The Morgan fingerprint density at radius 2 is 1.83 bits per heavy atom. The number of hydrogen-bond acceptors (Lipinski definition) is 2. The molecule has 0 spiro atoms. The zero-order chi connectivity index (χ0) is 16.0. The third-order valence-electron chi connectivity index (χ3n) is 5.70. The number of ether oxygens (including phenoxy) is 1. The van der Waals surface area contributed by atoms with Crippen LogP contribution in [0, 0.1) is 17.8 Å². The molecule has 0 saturated heterocycles. The van der Waals surface area contributed by atoms with Crippen molar-refractivity contribution in [2.24, 2.45) is 17.8 Å². The number of hydrogen-bond donors (Lipinski definition) is 1. The summed E-state index contributed by atoms with van der Waals surface area (Å²) < 4.78 is 6.42. The molecule has 5 rings (SSSR count). The summed E-state index contributed by atoms with van der Waals surface area (Å²) >= 11 is 9.33. The largest absolute Gasteiger partial charge is 0.483 e. The smallest absolute Gasteiger partial charge is 0.258 e. The predicted octanol–water partition coefficient (Wildman–Crippen LogP) is 4.57. The minimum atomic E-state index is -0.00574. The van der Waals surface area contributed by atoms with Crippen LogP contribution in [0.2, 0.25) is 5.02 Å². The molecule has 5 heteroatoms. The molecule has 124 valence electrons. The molecule has 1 amide bonds. The van der Waals surface area contributed by atoms with E-state index in [1.54, 1.807) is 18.2 Å². The number of nitrogens with one attached hydrogen (secondary N) is 1. The second-order valence-electron chi connectivity index (χ2n) is 7.61. The van der Waals surface area contributed by atoms with Gasteiger partial charge < -0.3 is 10.1 Å². The molecule has 4 aliphatic carbocycles. The van der Waals surface area contributed by atoms with E-state index in [0.29, 0.717) is 10.8 Å². The summed E-state index contributed by atoms with van der Waals surface area (Å²) in [6.07, 6.45) is 7.62.